The normalized spacial score (nSPS) is 9.86. The maximum Gasteiger partial charge on any atom is 0.254 e. The molecule has 0 atom stereocenters. The molecule has 1 aromatic carbocycles. The van der Waals surface area contributed by atoms with Crippen LogP contribution in [0.1, 0.15) is 10.4 Å². The van der Waals surface area contributed by atoms with E-state index in [1.54, 1.807) is 23.9 Å². The van der Waals surface area contributed by atoms with Crippen molar-refractivity contribution in [2.24, 2.45) is 0 Å². The van der Waals surface area contributed by atoms with Gasteiger partial charge in [-0.15, -0.1) is 0 Å². The lowest BCUT2D eigenvalue weighted by Crippen LogP contribution is -2.26. The second-order valence-corrected chi connectivity index (χ2v) is 3.71. The highest BCUT2D eigenvalue weighted by Crippen LogP contribution is 2.05. The van der Waals surface area contributed by atoms with E-state index in [4.69, 9.17) is 0 Å². The first-order chi connectivity index (χ1) is 6.75. The minimum atomic E-state index is -0.478. The van der Waals surface area contributed by atoms with Crippen LogP contribution in [-0.4, -0.2) is 24.5 Å². The van der Waals surface area contributed by atoms with Crippen LogP contribution in [0.2, 0.25) is 0 Å². The smallest absolute Gasteiger partial charge is 0.254 e. The van der Waals surface area contributed by atoms with E-state index in [2.05, 4.69) is 5.32 Å². The number of carbonyl (C=O) groups excluding carboxylic acids is 1. The summed E-state index contributed by atoms with van der Waals surface area (Å²) in [5.41, 5.74) is 0.105. The van der Waals surface area contributed by atoms with Gasteiger partial charge in [-0.3, -0.25) is 4.79 Å². The molecule has 14 heavy (non-hydrogen) atoms. The molecule has 0 saturated carbocycles. The van der Waals surface area contributed by atoms with E-state index in [9.17, 15) is 9.18 Å². The zero-order valence-corrected chi connectivity index (χ0v) is 8.73. The van der Waals surface area contributed by atoms with Gasteiger partial charge in [0, 0.05) is 12.3 Å². The lowest BCUT2D eigenvalue weighted by Gasteiger charge is -2.04. The Bertz CT molecular complexity index is 317. The van der Waals surface area contributed by atoms with Crippen molar-refractivity contribution in [3.63, 3.8) is 0 Å². The third-order valence-electron chi connectivity index (χ3n) is 1.71. The van der Waals surface area contributed by atoms with Gasteiger partial charge in [0.15, 0.2) is 0 Å². The maximum atomic E-state index is 13.1. The van der Waals surface area contributed by atoms with Crippen LogP contribution in [0.5, 0.6) is 0 Å². The monoisotopic (exact) mass is 213 g/mol. The number of hydrogen-bond donors (Lipinski definition) is 1. The van der Waals surface area contributed by atoms with Crippen molar-refractivity contribution in [3.8, 4) is 0 Å². The van der Waals surface area contributed by atoms with Crippen molar-refractivity contribution in [1.82, 2.24) is 5.32 Å². The minimum Gasteiger partial charge on any atom is -0.351 e. The number of carbonyl (C=O) groups is 1. The maximum absolute atomic E-state index is 13.1. The molecule has 1 N–H and O–H groups in total. The van der Waals surface area contributed by atoms with Crippen molar-refractivity contribution in [3.05, 3.63) is 35.6 Å². The molecule has 1 rings (SSSR count). The van der Waals surface area contributed by atoms with Gasteiger partial charge in [0.25, 0.3) is 5.91 Å². The Kier molecular flexibility index (Phi) is 4.46. The molecule has 0 radical (unpaired) electrons. The van der Waals surface area contributed by atoms with Crippen molar-refractivity contribution < 1.29 is 9.18 Å². The Labute approximate surface area is 86.9 Å². The highest BCUT2D eigenvalue weighted by atomic mass is 32.2. The fourth-order valence-corrected chi connectivity index (χ4v) is 1.31. The van der Waals surface area contributed by atoms with Crippen LogP contribution in [0.3, 0.4) is 0 Å². The summed E-state index contributed by atoms with van der Waals surface area (Å²) in [5, 5.41) is 2.64. The van der Waals surface area contributed by atoms with Crippen LogP contribution < -0.4 is 5.32 Å². The Morgan fingerprint density at radius 1 is 1.50 bits per heavy atom. The predicted octanol–water partition coefficient (Wildman–Crippen LogP) is 1.92. The molecule has 76 valence electrons. The summed E-state index contributed by atoms with van der Waals surface area (Å²) in [6.45, 7) is 0.564. The Hall–Kier alpha value is -1.03. The topological polar surface area (TPSA) is 29.1 Å². The van der Waals surface area contributed by atoms with Gasteiger partial charge < -0.3 is 5.32 Å². The fraction of sp³-hybridized carbons (Fsp3) is 0.300. The molecule has 1 amide bonds. The number of hydrogen-bond acceptors (Lipinski definition) is 2. The van der Waals surface area contributed by atoms with Crippen LogP contribution in [0, 0.1) is 5.82 Å². The molecule has 0 aromatic heterocycles. The fourth-order valence-electron chi connectivity index (χ4n) is 1.01. The zero-order chi connectivity index (χ0) is 10.4. The van der Waals surface area contributed by atoms with Crippen molar-refractivity contribution in [2.45, 2.75) is 0 Å². The molecule has 0 aliphatic rings. The highest BCUT2D eigenvalue weighted by molar-refractivity contribution is 7.98. The third-order valence-corrected chi connectivity index (χ3v) is 2.32. The molecule has 0 heterocycles. The summed E-state index contributed by atoms with van der Waals surface area (Å²) in [5.74, 6) is 0.00603. The van der Waals surface area contributed by atoms with Gasteiger partial charge in [-0.25, -0.2) is 4.39 Å². The standard InChI is InChI=1S/C10H12FNOS/c1-14-7-6-12-10(13)8-4-2-3-5-9(8)11/h2-5H,6-7H2,1H3,(H,12,13). The lowest BCUT2D eigenvalue weighted by molar-refractivity contribution is 0.0952. The minimum absolute atomic E-state index is 0.105. The van der Waals surface area contributed by atoms with E-state index in [1.165, 1.54) is 12.1 Å². The number of benzene rings is 1. The van der Waals surface area contributed by atoms with Gasteiger partial charge >= 0.3 is 0 Å². The van der Waals surface area contributed by atoms with E-state index in [-0.39, 0.29) is 11.5 Å². The van der Waals surface area contributed by atoms with Crippen LogP contribution >= 0.6 is 11.8 Å². The molecule has 0 unspecified atom stereocenters. The second kappa shape index (κ2) is 5.65. The van der Waals surface area contributed by atoms with Gasteiger partial charge in [-0.1, -0.05) is 12.1 Å². The van der Waals surface area contributed by atoms with Gasteiger partial charge in [-0.2, -0.15) is 11.8 Å². The summed E-state index contributed by atoms with van der Waals surface area (Å²) < 4.78 is 13.1. The van der Waals surface area contributed by atoms with Crippen molar-refractivity contribution in [2.75, 3.05) is 18.6 Å². The Morgan fingerprint density at radius 2 is 2.21 bits per heavy atom. The average molecular weight is 213 g/mol. The van der Waals surface area contributed by atoms with E-state index in [1.807, 2.05) is 6.26 Å². The van der Waals surface area contributed by atoms with Crippen LogP contribution in [0.25, 0.3) is 0 Å². The predicted molar refractivity (Wildman–Crippen MR) is 57.1 cm³/mol. The summed E-state index contributed by atoms with van der Waals surface area (Å²) >= 11 is 1.63. The third kappa shape index (κ3) is 3.03. The highest BCUT2D eigenvalue weighted by Gasteiger charge is 2.08. The zero-order valence-electron chi connectivity index (χ0n) is 7.92. The first-order valence-electron chi connectivity index (χ1n) is 4.27. The summed E-state index contributed by atoms with van der Waals surface area (Å²) in [4.78, 5) is 11.4. The summed E-state index contributed by atoms with van der Waals surface area (Å²) in [7, 11) is 0. The van der Waals surface area contributed by atoms with E-state index in [0.29, 0.717) is 6.54 Å². The molecule has 0 aliphatic heterocycles. The molecule has 1 aromatic rings. The Balaban J connectivity index is 2.56. The van der Waals surface area contributed by atoms with Crippen LogP contribution in [-0.2, 0) is 0 Å². The number of nitrogens with one attached hydrogen (secondary N) is 1. The molecular formula is C10H12FNOS. The lowest BCUT2D eigenvalue weighted by atomic mass is 10.2. The largest absolute Gasteiger partial charge is 0.351 e. The van der Waals surface area contributed by atoms with Crippen molar-refractivity contribution in [1.29, 1.82) is 0 Å². The van der Waals surface area contributed by atoms with Gasteiger partial charge in [0.2, 0.25) is 0 Å². The first kappa shape index (κ1) is 11.0. The number of amides is 1. The molecule has 0 saturated heterocycles. The molecular weight excluding hydrogens is 201 g/mol. The van der Waals surface area contributed by atoms with E-state index in [0.717, 1.165) is 5.75 Å². The average Bonchev–Trinajstić information content (AvgIpc) is 2.18. The quantitative estimate of drug-likeness (QED) is 0.774. The summed E-state index contributed by atoms with van der Waals surface area (Å²) in [6, 6.07) is 5.97. The van der Waals surface area contributed by atoms with E-state index < -0.39 is 5.82 Å². The molecule has 0 fully saturated rings. The van der Waals surface area contributed by atoms with Crippen LogP contribution in [0.4, 0.5) is 4.39 Å². The molecule has 4 heteroatoms. The Morgan fingerprint density at radius 3 is 2.86 bits per heavy atom. The van der Waals surface area contributed by atoms with Gasteiger partial charge in [0.05, 0.1) is 5.56 Å². The summed E-state index contributed by atoms with van der Waals surface area (Å²) in [6.07, 6.45) is 1.95. The van der Waals surface area contributed by atoms with E-state index >= 15 is 0 Å². The van der Waals surface area contributed by atoms with Gasteiger partial charge in [-0.05, 0) is 18.4 Å². The number of rotatable bonds is 4. The van der Waals surface area contributed by atoms with Crippen molar-refractivity contribution >= 4 is 17.7 Å². The van der Waals surface area contributed by atoms with Gasteiger partial charge in [0.1, 0.15) is 5.82 Å². The molecule has 0 bridgehead atoms. The second-order valence-electron chi connectivity index (χ2n) is 2.73. The number of thioether (sulfide) groups is 1. The molecule has 0 spiro atoms. The first-order valence-corrected chi connectivity index (χ1v) is 5.66. The molecule has 0 aliphatic carbocycles. The molecule has 2 nitrogen and oxygen atoms in total. The SMILES string of the molecule is CSCCNC(=O)c1ccccc1F. The number of halogens is 1. The van der Waals surface area contributed by atoms with Crippen LogP contribution in [0.15, 0.2) is 24.3 Å².